The number of hydrogen-bond acceptors (Lipinski definition) is 1. The smallest absolute Gasteiger partial charge is 0.137 e. The second kappa shape index (κ2) is 6.83. The molecule has 0 radical (unpaired) electrons. The van der Waals surface area contributed by atoms with Crippen LogP contribution in [0.4, 0.5) is 0 Å². The van der Waals surface area contributed by atoms with Gasteiger partial charge >= 0.3 is 0 Å². The molecule has 0 unspecified atom stereocenters. The van der Waals surface area contributed by atoms with Crippen LogP contribution in [0.1, 0.15) is 25.0 Å². The van der Waals surface area contributed by atoms with Gasteiger partial charge in [-0.25, -0.2) is 4.98 Å². The molecule has 2 nitrogen and oxygen atoms in total. The third kappa shape index (κ3) is 2.39. The van der Waals surface area contributed by atoms with E-state index in [9.17, 15) is 0 Å². The van der Waals surface area contributed by atoms with Gasteiger partial charge < -0.3 is 0 Å². The summed E-state index contributed by atoms with van der Waals surface area (Å²) < 4.78 is 2.41. The van der Waals surface area contributed by atoms with Gasteiger partial charge in [0.25, 0.3) is 0 Å². The Bertz CT molecular complexity index is 2010. The van der Waals surface area contributed by atoms with Gasteiger partial charge in [0.2, 0.25) is 0 Å². The van der Waals surface area contributed by atoms with E-state index in [1.807, 2.05) is 12.3 Å². The van der Waals surface area contributed by atoms with Crippen LogP contribution in [0.3, 0.4) is 0 Å². The molecule has 2 heteroatoms. The second-order valence-corrected chi connectivity index (χ2v) is 10.4. The van der Waals surface area contributed by atoms with Crippen LogP contribution in [0.15, 0.2) is 109 Å². The van der Waals surface area contributed by atoms with E-state index in [1.165, 1.54) is 65.6 Å². The van der Waals surface area contributed by atoms with Crippen molar-refractivity contribution >= 4 is 43.4 Å². The van der Waals surface area contributed by atoms with Crippen LogP contribution < -0.4 is 0 Å². The van der Waals surface area contributed by atoms with E-state index in [2.05, 4.69) is 115 Å². The van der Waals surface area contributed by atoms with E-state index >= 15 is 0 Å². The van der Waals surface area contributed by atoms with Gasteiger partial charge in [-0.05, 0) is 51.0 Å². The van der Waals surface area contributed by atoms with Crippen molar-refractivity contribution in [2.45, 2.75) is 19.3 Å². The van der Waals surface area contributed by atoms with Crippen LogP contribution >= 0.6 is 0 Å². The Kier molecular flexibility index (Phi) is 3.76. The van der Waals surface area contributed by atoms with Crippen molar-refractivity contribution in [1.29, 1.82) is 0 Å². The maximum Gasteiger partial charge on any atom is 0.137 e. The highest BCUT2D eigenvalue weighted by atomic mass is 15.1. The monoisotopic (exact) mass is 460 g/mol. The summed E-state index contributed by atoms with van der Waals surface area (Å²) in [7, 11) is 0. The zero-order valence-corrected chi connectivity index (χ0v) is 20.3. The molecular weight excluding hydrogens is 436 g/mol. The lowest BCUT2D eigenvalue weighted by atomic mass is 9.68. The molecule has 0 bridgehead atoms. The molecule has 1 aliphatic rings. The third-order valence-electron chi connectivity index (χ3n) is 8.20. The summed E-state index contributed by atoms with van der Waals surface area (Å²) in [4.78, 5) is 4.87. The Morgan fingerprint density at radius 2 is 1.39 bits per heavy atom. The molecule has 2 heterocycles. The van der Waals surface area contributed by atoms with Crippen molar-refractivity contribution in [2.75, 3.05) is 0 Å². The fraction of sp³-hybridized carbons (Fsp3) is 0.0882. The van der Waals surface area contributed by atoms with Gasteiger partial charge in [0.15, 0.2) is 0 Å². The topological polar surface area (TPSA) is 17.8 Å². The molecular formula is C34H24N2. The molecule has 5 aromatic carbocycles. The van der Waals surface area contributed by atoms with Crippen molar-refractivity contribution in [1.82, 2.24) is 9.55 Å². The zero-order valence-electron chi connectivity index (χ0n) is 20.3. The minimum atomic E-state index is -0.0781. The van der Waals surface area contributed by atoms with E-state index in [-0.39, 0.29) is 5.41 Å². The lowest BCUT2D eigenvalue weighted by molar-refractivity contribution is 0.645. The van der Waals surface area contributed by atoms with Crippen molar-refractivity contribution < 1.29 is 0 Å². The summed E-state index contributed by atoms with van der Waals surface area (Å²) in [5.74, 6) is 0.948. The average Bonchev–Trinajstić information content (AvgIpc) is 3.26. The second-order valence-electron chi connectivity index (χ2n) is 10.4. The quantitative estimate of drug-likeness (QED) is 0.239. The van der Waals surface area contributed by atoms with Crippen LogP contribution in [-0.2, 0) is 5.41 Å². The van der Waals surface area contributed by atoms with Gasteiger partial charge in [0, 0.05) is 33.3 Å². The fourth-order valence-electron chi connectivity index (χ4n) is 6.60. The maximum absolute atomic E-state index is 4.87. The zero-order chi connectivity index (χ0) is 24.0. The molecule has 7 aromatic rings. The van der Waals surface area contributed by atoms with Crippen LogP contribution in [0.25, 0.3) is 60.3 Å². The number of pyridine rings is 1. The molecule has 170 valence electrons. The molecule has 2 aromatic heterocycles. The molecule has 0 fully saturated rings. The van der Waals surface area contributed by atoms with Gasteiger partial charge in [-0.2, -0.15) is 0 Å². The first-order valence-electron chi connectivity index (χ1n) is 12.6. The van der Waals surface area contributed by atoms with E-state index < -0.39 is 0 Å². The van der Waals surface area contributed by atoms with Gasteiger partial charge in [-0.3, -0.25) is 4.57 Å². The summed E-state index contributed by atoms with van der Waals surface area (Å²) in [6, 6.07) is 37.6. The summed E-state index contributed by atoms with van der Waals surface area (Å²) in [6.45, 7) is 4.71. The predicted octanol–water partition coefficient (Wildman–Crippen LogP) is 8.79. The van der Waals surface area contributed by atoms with Crippen LogP contribution in [0, 0.1) is 0 Å². The largest absolute Gasteiger partial charge is 0.293 e. The number of rotatable bonds is 1. The molecule has 0 saturated heterocycles. The number of hydrogen-bond donors (Lipinski definition) is 0. The summed E-state index contributed by atoms with van der Waals surface area (Å²) >= 11 is 0. The van der Waals surface area contributed by atoms with Crippen molar-refractivity contribution in [2.24, 2.45) is 0 Å². The minimum Gasteiger partial charge on any atom is -0.293 e. The SMILES string of the molecule is CC1(C)c2ccccc2-c2c3c1cccc3cc1c3ccc4ccccc4c3n(-c3ccccn3)c21. The first-order chi connectivity index (χ1) is 17.6. The maximum atomic E-state index is 4.87. The predicted molar refractivity (Wildman–Crippen MR) is 151 cm³/mol. The molecule has 0 saturated carbocycles. The number of fused-ring (bicyclic) bond motifs is 8. The van der Waals surface area contributed by atoms with Gasteiger partial charge in [0.05, 0.1) is 11.0 Å². The third-order valence-corrected chi connectivity index (χ3v) is 8.20. The molecule has 0 N–H and O–H groups in total. The lowest BCUT2D eigenvalue weighted by Crippen LogP contribution is -2.23. The Morgan fingerprint density at radius 3 is 2.28 bits per heavy atom. The number of aromatic nitrogens is 2. The molecule has 0 aliphatic heterocycles. The van der Waals surface area contributed by atoms with Gasteiger partial charge in [0.1, 0.15) is 5.82 Å². The van der Waals surface area contributed by atoms with Crippen LogP contribution in [0.2, 0.25) is 0 Å². The molecule has 0 atom stereocenters. The van der Waals surface area contributed by atoms with E-state index in [1.54, 1.807) is 0 Å². The van der Waals surface area contributed by atoms with Crippen molar-refractivity contribution in [3.8, 4) is 16.9 Å². The average molecular weight is 461 g/mol. The van der Waals surface area contributed by atoms with Crippen molar-refractivity contribution in [3.05, 3.63) is 120 Å². The molecule has 0 amide bonds. The Balaban J connectivity index is 1.73. The number of benzene rings is 5. The summed E-state index contributed by atoms with van der Waals surface area (Å²) in [5.41, 5.74) is 7.78. The number of nitrogens with zero attached hydrogens (tertiary/aromatic N) is 2. The Labute approximate surface area is 209 Å². The van der Waals surface area contributed by atoms with Gasteiger partial charge in [-0.1, -0.05) is 98.8 Å². The molecule has 0 spiro atoms. The molecule has 1 aliphatic carbocycles. The lowest BCUT2D eigenvalue weighted by Gasteiger charge is -2.35. The van der Waals surface area contributed by atoms with Crippen LogP contribution in [0.5, 0.6) is 0 Å². The van der Waals surface area contributed by atoms with Gasteiger partial charge in [-0.15, -0.1) is 0 Å². The minimum absolute atomic E-state index is 0.0781. The van der Waals surface area contributed by atoms with E-state index in [0.717, 1.165) is 5.82 Å². The first kappa shape index (κ1) is 19.8. The first-order valence-corrected chi connectivity index (χ1v) is 12.6. The molecule has 36 heavy (non-hydrogen) atoms. The van der Waals surface area contributed by atoms with E-state index in [0.29, 0.717) is 0 Å². The fourth-order valence-corrected chi connectivity index (χ4v) is 6.60. The summed E-state index contributed by atoms with van der Waals surface area (Å²) in [6.07, 6.45) is 1.90. The highest BCUT2D eigenvalue weighted by Gasteiger charge is 2.35. The van der Waals surface area contributed by atoms with Crippen LogP contribution in [-0.4, -0.2) is 9.55 Å². The normalized spacial score (nSPS) is 14.1. The van der Waals surface area contributed by atoms with Crippen molar-refractivity contribution in [3.63, 3.8) is 0 Å². The highest BCUT2D eigenvalue weighted by molar-refractivity contribution is 6.26. The molecule has 8 rings (SSSR count). The highest BCUT2D eigenvalue weighted by Crippen LogP contribution is 2.52. The van der Waals surface area contributed by atoms with E-state index in [4.69, 9.17) is 4.98 Å². The Hall–Kier alpha value is -4.43. The Morgan fingerprint density at radius 1 is 0.611 bits per heavy atom. The summed E-state index contributed by atoms with van der Waals surface area (Å²) in [5, 5.41) is 7.68. The standard InChI is InChI=1S/C34H24N2/c1-34(2)27-14-6-5-13-25(27)31-30-22(11-9-15-28(30)34)20-26-24-18-17-21-10-3-4-12-23(21)32(24)36(33(26)31)29-16-7-8-19-35-29/h3-20H,1-2H3.